The van der Waals surface area contributed by atoms with Gasteiger partial charge in [0.1, 0.15) is 6.04 Å². The normalized spacial score (nSPS) is 24.8. The van der Waals surface area contributed by atoms with Crippen LogP contribution in [-0.2, 0) is 17.6 Å². The van der Waals surface area contributed by atoms with E-state index >= 15 is 0 Å². The van der Waals surface area contributed by atoms with E-state index in [9.17, 15) is 9.59 Å². The van der Waals surface area contributed by atoms with Crippen molar-refractivity contribution in [1.82, 2.24) is 9.88 Å². The molecule has 6 nitrogen and oxygen atoms in total. The molecule has 1 aromatic heterocycles. The number of nitrogens with one attached hydrogen (secondary N) is 1. The zero-order valence-electron chi connectivity index (χ0n) is 11.0. The molecule has 1 fully saturated rings. The highest BCUT2D eigenvalue weighted by Gasteiger charge is 2.39. The van der Waals surface area contributed by atoms with Crippen LogP contribution in [0.25, 0.3) is 0 Å². The van der Waals surface area contributed by atoms with Gasteiger partial charge in [-0.25, -0.2) is 14.6 Å². The van der Waals surface area contributed by atoms with E-state index in [0.717, 1.165) is 25.0 Å². The Morgan fingerprint density at radius 1 is 1.45 bits per heavy atom. The van der Waals surface area contributed by atoms with Gasteiger partial charge in [-0.2, -0.15) is 0 Å². The predicted molar refractivity (Wildman–Crippen MR) is 78.3 cm³/mol. The van der Waals surface area contributed by atoms with Crippen LogP contribution in [0.5, 0.6) is 0 Å². The highest BCUT2D eigenvalue weighted by molar-refractivity contribution is 8.00. The van der Waals surface area contributed by atoms with E-state index in [1.807, 2.05) is 6.92 Å². The van der Waals surface area contributed by atoms with Gasteiger partial charge in [0.15, 0.2) is 5.13 Å². The number of carbonyl (C=O) groups excluding carboxylic acids is 1. The maximum atomic E-state index is 12.3. The molecule has 108 valence electrons. The third-order valence-electron chi connectivity index (χ3n) is 3.55. The largest absolute Gasteiger partial charge is 0.480 e. The van der Waals surface area contributed by atoms with Crippen molar-refractivity contribution in [3.63, 3.8) is 0 Å². The quantitative estimate of drug-likeness (QED) is 0.873. The molecule has 3 rings (SSSR count). The molecule has 0 bridgehead atoms. The van der Waals surface area contributed by atoms with Gasteiger partial charge in [0.25, 0.3) is 0 Å². The monoisotopic (exact) mass is 313 g/mol. The summed E-state index contributed by atoms with van der Waals surface area (Å²) < 4.78 is 0. The Hall–Kier alpha value is -1.28. The van der Waals surface area contributed by atoms with Gasteiger partial charge in [0.05, 0.1) is 11.1 Å². The number of carboxylic acid groups (broad SMARTS) is 1. The number of hydrogen-bond donors (Lipinski definition) is 2. The SMILES string of the molecule is CC1SCC(C(=O)O)N1C(=O)Nc1nc2c(s1)CCC2. The number of hydrogen-bond acceptors (Lipinski definition) is 5. The number of aliphatic carboxylic acids is 1. The molecule has 2 unspecified atom stereocenters. The van der Waals surface area contributed by atoms with Gasteiger partial charge in [-0.1, -0.05) is 0 Å². The van der Waals surface area contributed by atoms with Crippen LogP contribution < -0.4 is 5.32 Å². The van der Waals surface area contributed by atoms with Gasteiger partial charge in [-0.05, 0) is 26.2 Å². The van der Waals surface area contributed by atoms with Crippen molar-refractivity contribution in [2.75, 3.05) is 11.1 Å². The van der Waals surface area contributed by atoms with Crippen molar-refractivity contribution in [2.45, 2.75) is 37.6 Å². The van der Waals surface area contributed by atoms with Crippen molar-refractivity contribution in [3.05, 3.63) is 10.6 Å². The van der Waals surface area contributed by atoms with E-state index in [1.165, 1.54) is 32.9 Å². The summed E-state index contributed by atoms with van der Waals surface area (Å²) in [5.41, 5.74) is 1.07. The third kappa shape index (κ3) is 2.37. The predicted octanol–water partition coefficient (Wildman–Crippen LogP) is 2.01. The van der Waals surface area contributed by atoms with E-state index < -0.39 is 12.0 Å². The Kier molecular flexibility index (Phi) is 3.59. The van der Waals surface area contributed by atoms with Crippen molar-refractivity contribution in [2.24, 2.45) is 0 Å². The molecule has 0 radical (unpaired) electrons. The third-order valence-corrected chi connectivity index (χ3v) is 5.84. The minimum absolute atomic E-state index is 0.136. The molecule has 20 heavy (non-hydrogen) atoms. The van der Waals surface area contributed by atoms with Gasteiger partial charge < -0.3 is 5.11 Å². The molecule has 1 saturated heterocycles. The molecular weight excluding hydrogens is 298 g/mol. The number of fused-ring (bicyclic) bond motifs is 1. The maximum absolute atomic E-state index is 12.3. The average Bonchev–Trinajstić information content (AvgIpc) is 3.02. The molecule has 1 aliphatic carbocycles. The summed E-state index contributed by atoms with van der Waals surface area (Å²) in [5, 5.41) is 12.4. The van der Waals surface area contributed by atoms with Gasteiger partial charge in [0, 0.05) is 10.6 Å². The molecule has 2 amide bonds. The lowest BCUT2D eigenvalue weighted by Crippen LogP contribution is -2.46. The summed E-state index contributed by atoms with van der Waals surface area (Å²) in [7, 11) is 0. The average molecular weight is 313 g/mol. The van der Waals surface area contributed by atoms with Crippen LogP contribution in [0.15, 0.2) is 0 Å². The Morgan fingerprint density at radius 3 is 2.95 bits per heavy atom. The molecule has 2 N–H and O–H groups in total. The minimum Gasteiger partial charge on any atom is -0.480 e. The smallest absolute Gasteiger partial charge is 0.327 e. The topological polar surface area (TPSA) is 82.5 Å². The first-order valence-electron chi connectivity index (χ1n) is 6.48. The molecule has 8 heteroatoms. The lowest BCUT2D eigenvalue weighted by Gasteiger charge is -2.24. The molecule has 1 aliphatic heterocycles. The van der Waals surface area contributed by atoms with Gasteiger partial charge in [-0.3, -0.25) is 10.2 Å². The fraction of sp³-hybridized carbons (Fsp3) is 0.583. The number of amides is 2. The Balaban J connectivity index is 1.73. The van der Waals surface area contributed by atoms with Gasteiger partial charge in [0.2, 0.25) is 0 Å². The van der Waals surface area contributed by atoms with Crippen molar-refractivity contribution < 1.29 is 14.7 Å². The maximum Gasteiger partial charge on any atom is 0.327 e. The van der Waals surface area contributed by atoms with Crippen molar-refractivity contribution in [3.8, 4) is 0 Å². The number of thioether (sulfide) groups is 1. The molecule has 0 spiro atoms. The van der Waals surface area contributed by atoms with E-state index in [1.54, 1.807) is 0 Å². The van der Waals surface area contributed by atoms with E-state index in [-0.39, 0.29) is 11.4 Å². The molecule has 2 atom stereocenters. The number of urea groups is 1. The highest BCUT2D eigenvalue weighted by Crippen LogP contribution is 2.32. The molecule has 0 aromatic carbocycles. The summed E-state index contributed by atoms with van der Waals surface area (Å²) in [6.45, 7) is 1.84. The van der Waals surface area contributed by atoms with Crippen LogP contribution in [0.2, 0.25) is 0 Å². The van der Waals surface area contributed by atoms with E-state index in [0.29, 0.717) is 10.9 Å². The van der Waals surface area contributed by atoms with Crippen molar-refractivity contribution in [1.29, 1.82) is 0 Å². The molecule has 2 heterocycles. The number of aryl methyl sites for hydroxylation is 2. The van der Waals surface area contributed by atoms with Crippen LogP contribution in [-0.4, -0.2) is 44.2 Å². The summed E-state index contributed by atoms with van der Waals surface area (Å²) in [4.78, 5) is 30.5. The van der Waals surface area contributed by atoms with Crippen LogP contribution in [0, 0.1) is 0 Å². The molecule has 0 saturated carbocycles. The second-order valence-electron chi connectivity index (χ2n) is 4.87. The van der Waals surface area contributed by atoms with Crippen LogP contribution in [0.3, 0.4) is 0 Å². The summed E-state index contributed by atoms with van der Waals surface area (Å²) in [6, 6.07) is -1.14. The van der Waals surface area contributed by atoms with Crippen LogP contribution in [0.1, 0.15) is 23.9 Å². The number of thiazole rings is 1. The number of nitrogens with zero attached hydrogens (tertiary/aromatic N) is 2. The van der Waals surface area contributed by atoms with E-state index in [2.05, 4.69) is 10.3 Å². The fourth-order valence-electron chi connectivity index (χ4n) is 2.54. The number of anilines is 1. The minimum atomic E-state index is -0.960. The Labute approximate surface area is 124 Å². The number of rotatable bonds is 2. The van der Waals surface area contributed by atoms with Gasteiger partial charge in [-0.15, -0.1) is 23.1 Å². The Bertz CT molecular complexity index is 539. The molecular formula is C12H15N3O3S2. The van der Waals surface area contributed by atoms with Crippen LogP contribution in [0.4, 0.5) is 9.93 Å². The van der Waals surface area contributed by atoms with Crippen molar-refractivity contribution >= 4 is 40.2 Å². The zero-order chi connectivity index (χ0) is 14.3. The van der Waals surface area contributed by atoms with Crippen LogP contribution >= 0.6 is 23.1 Å². The number of carbonyl (C=O) groups is 2. The van der Waals surface area contributed by atoms with E-state index in [4.69, 9.17) is 5.11 Å². The first-order valence-corrected chi connectivity index (χ1v) is 8.35. The summed E-state index contributed by atoms with van der Waals surface area (Å²) in [5.74, 6) is -0.531. The zero-order valence-corrected chi connectivity index (χ0v) is 12.6. The second kappa shape index (κ2) is 5.25. The first kappa shape index (κ1) is 13.7. The fourth-order valence-corrected chi connectivity index (χ4v) is 4.75. The first-order chi connectivity index (χ1) is 9.56. The molecule has 1 aromatic rings. The Morgan fingerprint density at radius 2 is 2.25 bits per heavy atom. The summed E-state index contributed by atoms with van der Waals surface area (Å²) >= 11 is 2.97. The molecule has 2 aliphatic rings. The van der Waals surface area contributed by atoms with Gasteiger partial charge >= 0.3 is 12.0 Å². The standard InChI is InChI=1S/C12H15N3O3S2/c1-6-15(8(5-19-6)10(16)17)12(18)14-11-13-7-3-2-4-9(7)20-11/h6,8H,2-5H2,1H3,(H,16,17)(H,13,14,18). The second-order valence-corrected chi connectivity index (χ2v) is 7.30. The number of aromatic nitrogens is 1. The lowest BCUT2D eigenvalue weighted by molar-refractivity contribution is -0.141. The highest BCUT2D eigenvalue weighted by atomic mass is 32.2. The summed E-state index contributed by atoms with van der Waals surface area (Å²) in [6.07, 6.45) is 3.12. The lowest BCUT2D eigenvalue weighted by atomic mass is 10.3. The number of carboxylic acids is 1.